The maximum atomic E-state index is 11.2. The Morgan fingerprint density at radius 3 is 2.62 bits per heavy atom. The Bertz CT molecular complexity index is 1230. The lowest BCUT2D eigenvalue weighted by molar-refractivity contribution is -0.0939. The summed E-state index contributed by atoms with van der Waals surface area (Å²) < 4.78 is 19.8. The van der Waals surface area contributed by atoms with Gasteiger partial charge in [0.2, 0.25) is 5.95 Å². The molecule has 0 aliphatic carbocycles. The lowest BCUT2D eigenvalue weighted by Crippen LogP contribution is -2.44. The van der Waals surface area contributed by atoms with Gasteiger partial charge in [0.15, 0.2) is 17.7 Å². The Morgan fingerprint density at radius 1 is 1.15 bits per heavy atom. The topological polar surface area (TPSA) is 121 Å². The molecule has 10 nitrogen and oxygen atoms in total. The third-order valence-electron chi connectivity index (χ3n) is 6.84. The van der Waals surface area contributed by atoms with E-state index in [-0.39, 0.29) is 6.10 Å². The van der Waals surface area contributed by atoms with Crippen molar-refractivity contribution in [2.45, 2.75) is 70.3 Å². The summed E-state index contributed by atoms with van der Waals surface area (Å²) >= 11 is 0. The molecule has 214 valence electrons. The molecule has 0 amide bonds. The molecule has 1 saturated heterocycles. The fraction of sp³-hybridized carbons (Fsp3) is 0.552. The summed E-state index contributed by atoms with van der Waals surface area (Å²) in [5.74, 6) is 1.87. The number of ether oxygens (including phenoxy) is 3. The zero-order chi connectivity index (χ0) is 28.2. The number of anilines is 1. The Hall–Kier alpha value is -2.89. The van der Waals surface area contributed by atoms with E-state index < -0.39 is 30.6 Å². The van der Waals surface area contributed by atoms with Gasteiger partial charge in [-0.2, -0.15) is 0 Å². The van der Waals surface area contributed by atoms with Gasteiger partial charge in [-0.15, -0.1) is 0 Å². The number of aliphatic hydroxyl groups excluding tert-OH is 2. The van der Waals surface area contributed by atoms with E-state index in [4.69, 9.17) is 19.2 Å². The number of nitrogens with one attached hydrogen (secondary N) is 1. The molecule has 0 bridgehead atoms. The van der Waals surface area contributed by atoms with Gasteiger partial charge >= 0.3 is 0 Å². The van der Waals surface area contributed by atoms with Gasteiger partial charge in [-0.05, 0) is 84.1 Å². The number of para-hydroxylation sites is 2. The molecule has 4 rings (SSSR count). The van der Waals surface area contributed by atoms with Crippen LogP contribution in [0.3, 0.4) is 0 Å². The summed E-state index contributed by atoms with van der Waals surface area (Å²) in [5.41, 5.74) is 0.763. The second kappa shape index (κ2) is 12.5. The van der Waals surface area contributed by atoms with Crippen LogP contribution in [0.2, 0.25) is 0 Å². The van der Waals surface area contributed by atoms with E-state index in [0.29, 0.717) is 36.1 Å². The maximum Gasteiger partial charge on any atom is 0.206 e. The van der Waals surface area contributed by atoms with Crippen LogP contribution in [-0.4, -0.2) is 87.5 Å². The Morgan fingerprint density at radius 2 is 1.92 bits per heavy atom. The normalized spacial score (nSPS) is 23.2. The largest absolute Gasteiger partial charge is 0.490 e. The summed E-state index contributed by atoms with van der Waals surface area (Å²) in [7, 11) is 4.13. The third-order valence-corrected chi connectivity index (χ3v) is 6.84. The summed E-state index contributed by atoms with van der Waals surface area (Å²) in [6.07, 6.45) is -1.13. The van der Waals surface area contributed by atoms with Crippen molar-refractivity contribution in [2.75, 3.05) is 39.2 Å². The third kappa shape index (κ3) is 6.64. The molecule has 3 aromatic rings. The first-order chi connectivity index (χ1) is 18.6. The lowest BCUT2D eigenvalue weighted by atomic mass is 9.96. The molecule has 0 radical (unpaired) electrons. The first kappa shape index (κ1) is 29.1. The minimum absolute atomic E-state index is 0.0160. The van der Waals surface area contributed by atoms with E-state index in [1.807, 2.05) is 56.3 Å². The average molecular weight is 543 g/mol. The van der Waals surface area contributed by atoms with Crippen LogP contribution in [-0.2, 0) is 11.3 Å². The lowest BCUT2D eigenvalue weighted by Gasteiger charge is -2.29. The molecule has 0 spiro atoms. The van der Waals surface area contributed by atoms with E-state index in [1.54, 1.807) is 4.57 Å². The number of aromatic nitrogens is 2. The number of hydrogen-bond acceptors (Lipinski definition) is 9. The van der Waals surface area contributed by atoms with Gasteiger partial charge in [-0.1, -0.05) is 18.2 Å². The molecule has 1 aliphatic heterocycles. The van der Waals surface area contributed by atoms with Crippen molar-refractivity contribution in [2.24, 2.45) is 0 Å². The van der Waals surface area contributed by atoms with Crippen LogP contribution in [0, 0.1) is 0 Å². The SMILES string of the molecule is CC(C)Oc1ccc(CNc2nc3ccccc3n2C2OC(CO)C(O)C2(C)O)cc1OCCCCN(C)C. The second-order valence-corrected chi connectivity index (χ2v) is 10.8. The van der Waals surface area contributed by atoms with E-state index in [0.717, 1.165) is 30.5 Å². The van der Waals surface area contributed by atoms with Crippen molar-refractivity contribution in [3.63, 3.8) is 0 Å². The molecule has 4 unspecified atom stereocenters. The van der Waals surface area contributed by atoms with Crippen LogP contribution < -0.4 is 14.8 Å². The highest BCUT2D eigenvalue weighted by Gasteiger charge is 2.53. The van der Waals surface area contributed by atoms with Gasteiger partial charge < -0.3 is 39.7 Å². The highest BCUT2D eigenvalue weighted by molar-refractivity contribution is 5.79. The number of benzene rings is 2. The predicted octanol–water partition coefficient (Wildman–Crippen LogP) is 3.16. The zero-order valence-electron chi connectivity index (χ0n) is 23.5. The number of rotatable bonds is 13. The van der Waals surface area contributed by atoms with E-state index in [9.17, 15) is 15.3 Å². The average Bonchev–Trinajstić information content (AvgIpc) is 3.36. The van der Waals surface area contributed by atoms with Crippen LogP contribution in [0.15, 0.2) is 42.5 Å². The summed E-state index contributed by atoms with van der Waals surface area (Å²) in [6.45, 7) is 7.09. The number of nitrogens with zero attached hydrogens (tertiary/aromatic N) is 3. The quantitative estimate of drug-likeness (QED) is 0.241. The Labute approximate surface area is 230 Å². The van der Waals surface area contributed by atoms with Gasteiger partial charge in [0.25, 0.3) is 0 Å². The van der Waals surface area contributed by atoms with Crippen LogP contribution in [0.5, 0.6) is 11.5 Å². The van der Waals surface area contributed by atoms with Crippen LogP contribution in [0.25, 0.3) is 11.0 Å². The van der Waals surface area contributed by atoms with Crippen LogP contribution >= 0.6 is 0 Å². The highest BCUT2D eigenvalue weighted by Crippen LogP contribution is 2.41. The molecule has 39 heavy (non-hydrogen) atoms. The van der Waals surface area contributed by atoms with Gasteiger partial charge in [0.1, 0.15) is 17.8 Å². The van der Waals surface area contributed by atoms with E-state index in [2.05, 4.69) is 24.3 Å². The smallest absolute Gasteiger partial charge is 0.206 e. The number of fused-ring (bicyclic) bond motifs is 1. The number of unbranched alkanes of at least 4 members (excludes halogenated alkanes) is 1. The van der Waals surface area contributed by atoms with Crippen molar-refractivity contribution >= 4 is 17.0 Å². The molecule has 4 atom stereocenters. The molecule has 10 heteroatoms. The van der Waals surface area contributed by atoms with E-state index in [1.165, 1.54) is 6.92 Å². The first-order valence-corrected chi connectivity index (χ1v) is 13.6. The number of imidazole rings is 1. The van der Waals surface area contributed by atoms with Gasteiger partial charge in [-0.3, -0.25) is 4.57 Å². The van der Waals surface area contributed by atoms with Gasteiger partial charge in [0.05, 0.1) is 30.4 Å². The van der Waals surface area contributed by atoms with Crippen molar-refractivity contribution in [1.29, 1.82) is 0 Å². The van der Waals surface area contributed by atoms with Crippen LogP contribution in [0.4, 0.5) is 5.95 Å². The van der Waals surface area contributed by atoms with Crippen molar-refractivity contribution in [1.82, 2.24) is 14.5 Å². The first-order valence-electron chi connectivity index (χ1n) is 13.6. The molecule has 2 aromatic carbocycles. The summed E-state index contributed by atoms with van der Waals surface area (Å²) in [6, 6.07) is 13.4. The van der Waals surface area contributed by atoms with Gasteiger partial charge in [0, 0.05) is 6.54 Å². The molecule has 1 aliphatic rings. The van der Waals surface area contributed by atoms with Crippen molar-refractivity contribution in [3.05, 3.63) is 48.0 Å². The van der Waals surface area contributed by atoms with E-state index >= 15 is 0 Å². The van der Waals surface area contributed by atoms with Crippen molar-refractivity contribution < 1.29 is 29.5 Å². The fourth-order valence-corrected chi connectivity index (χ4v) is 4.79. The predicted molar refractivity (Wildman–Crippen MR) is 150 cm³/mol. The minimum Gasteiger partial charge on any atom is -0.490 e. The summed E-state index contributed by atoms with van der Waals surface area (Å²) in [4.78, 5) is 6.89. The van der Waals surface area contributed by atoms with Crippen molar-refractivity contribution in [3.8, 4) is 11.5 Å². The monoisotopic (exact) mass is 542 g/mol. The highest BCUT2D eigenvalue weighted by atomic mass is 16.6. The number of hydrogen-bond donors (Lipinski definition) is 4. The molecule has 0 saturated carbocycles. The second-order valence-electron chi connectivity index (χ2n) is 10.8. The Kier molecular flexibility index (Phi) is 9.35. The fourth-order valence-electron chi connectivity index (χ4n) is 4.79. The standard InChI is InChI=1S/C29H42N4O6/c1-19(2)38-23-13-12-20(16-24(23)37-15-9-8-14-32(4)5)17-30-28-31-21-10-6-7-11-22(21)33(28)27-29(3,36)26(35)25(18-34)39-27/h6-7,10-13,16,19,25-27,34-36H,8-9,14-15,17-18H2,1-5H3,(H,30,31). The van der Waals surface area contributed by atoms with Crippen LogP contribution in [0.1, 0.15) is 45.4 Å². The minimum atomic E-state index is -1.64. The zero-order valence-corrected chi connectivity index (χ0v) is 23.5. The molecular formula is C29H42N4O6. The molecular weight excluding hydrogens is 500 g/mol. The molecule has 1 aromatic heterocycles. The maximum absolute atomic E-state index is 11.2. The van der Waals surface area contributed by atoms with Gasteiger partial charge in [-0.25, -0.2) is 4.98 Å². The number of aliphatic hydroxyl groups is 3. The Balaban J connectivity index is 1.56. The molecule has 1 fully saturated rings. The molecule has 4 N–H and O–H groups in total. The summed E-state index contributed by atoms with van der Waals surface area (Å²) in [5, 5.41) is 34.8. The molecule has 2 heterocycles.